The summed E-state index contributed by atoms with van der Waals surface area (Å²) in [6.45, 7) is 0. The number of rotatable bonds is 4. The summed E-state index contributed by atoms with van der Waals surface area (Å²) < 4.78 is 26.8. The molecule has 0 aliphatic carbocycles. The standard InChI is InChI=1S/C12H10ClN3O4S/c13-8-4-1-2-6-10(8)15-21(19,20)11-7-3-5-9(14)12(11)16(17)18/h1-7,15H,14H2. The second kappa shape index (κ2) is 5.58. The van der Waals surface area contributed by atoms with Crippen LogP contribution >= 0.6 is 11.6 Å². The minimum absolute atomic E-state index is 0.121. The van der Waals surface area contributed by atoms with Crippen LogP contribution in [-0.2, 0) is 10.0 Å². The first-order chi connectivity index (χ1) is 9.83. The molecule has 0 aliphatic heterocycles. The summed E-state index contributed by atoms with van der Waals surface area (Å²) in [5.74, 6) is 0. The third-order valence-electron chi connectivity index (χ3n) is 2.62. The highest BCUT2D eigenvalue weighted by Crippen LogP contribution is 2.32. The van der Waals surface area contributed by atoms with Crippen molar-refractivity contribution in [1.82, 2.24) is 0 Å². The molecule has 0 spiro atoms. The maximum Gasteiger partial charge on any atom is 0.312 e. The second-order valence-electron chi connectivity index (χ2n) is 4.04. The van der Waals surface area contributed by atoms with E-state index >= 15 is 0 Å². The maximum atomic E-state index is 12.3. The molecule has 0 heterocycles. The fraction of sp³-hybridized carbons (Fsp3) is 0. The van der Waals surface area contributed by atoms with Crippen molar-refractivity contribution in [3.63, 3.8) is 0 Å². The van der Waals surface area contributed by atoms with Crippen LogP contribution in [0.5, 0.6) is 0 Å². The van der Waals surface area contributed by atoms with Gasteiger partial charge < -0.3 is 5.73 Å². The summed E-state index contributed by atoms with van der Waals surface area (Å²) in [5.41, 5.74) is 4.70. The number of sulfonamides is 1. The zero-order valence-corrected chi connectivity index (χ0v) is 12.1. The molecular weight excluding hydrogens is 318 g/mol. The minimum Gasteiger partial charge on any atom is -0.393 e. The lowest BCUT2D eigenvalue weighted by molar-refractivity contribution is -0.386. The van der Waals surface area contributed by atoms with E-state index in [0.717, 1.165) is 6.07 Å². The Morgan fingerprint density at radius 2 is 1.81 bits per heavy atom. The molecule has 0 bridgehead atoms. The van der Waals surface area contributed by atoms with Gasteiger partial charge in [0.2, 0.25) is 0 Å². The van der Waals surface area contributed by atoms with E-state index in [2.05, 4.69) is 4.72 Å². The SMILES string of the molecule is Nc1cccc(S(=O)(=O)Nc2ccccc2Cl)c1[N+](=O)[O-]. The highest BCUT2D eigenvalue weighted by Gasteiger charge is 2.28. The largest absolute Gasteiger partial charge is 0.393 e. The van der Waals surface area contributed by atoms with Gasteiger partial charge in [0, 0.05) is 0 Å². The van der Waals surface area contributed by atoms with E-state index in [1.54, 1.807) is 12.1 Å². The number of benzene rings is 2. The summed E-state index contributed by atoms with van der Waals surface area (Å²) in [7, 11) is -4.19. The summed E-state index contributed by atoms with van der Waals surface area (Å²) in [6.07, 6.45) is 0. The van der Waals surface area contributed by atoms with Crippen LogP contribution in [0.2, 0.25) is 5.02 Å². The molecule has 0 unspecified atom stereocenters. The Morgan fingerprint density at radius 1 is 1.14 bits per heavy atom. The van der Waals surface area contributed by atoms with E-state index in [1.807, 2.05) is 0 Å². The van der Waals surface area contributed by atoms with Crippen LogP contribution in [0.15, 0.2) is 47.4 Å². The lowest BCUT2D eigenvalue weighted by Gasteiger charge is -2.10. The van der Waals surface area contributed by atoms with E-state index in [4.69, 9.17) is 17.3 Å². The van der Waals surface area contributed by atoms with Gasteiger partial charge in [-0.05, 0) is 24.3 Å². The molecule has 0 fully saturated rings. The van der Waals surface area contributed by atoms with Crippen LogP contribution in [0.4, 0.5) is 17.1 Å². The van der Waals surface area contributed by atoms with Gasteiger partial charge in [0.1, 0.15) is 5.69 Å². The Bertz CT molecular complexity index is 808. The number of hydrogen-bond donors (Lipinski definition) is 2. The summed E-state index contributed by atoms with van der Waals surface area (Å²) in [5, 5.41) is 11.2. The monoisotopic (exact) mass is 327 g/mol. The Hall–Kier alpha value is -2.32. The number of nitrogens with zero attached hydrogens (tertiary/aromatic N) is 1. The first kappa shape index (κ1) is 15.1. The Labute approximate surface area is 125 Å². The predicted octanol–water partition coefficient (Wildman–Crippen LogP) is 2.63. The second-order valence-corrected chi connectivity index (χ2v) is 6.09. The zero-order valence-electron chi connectivity index (χ0n) is 10.5. The highest BCUT2D eigenvalue weighted by atomic mass is 35.5. The molecule has 2 aromatic rings. The summed E-state index contributed by atoms with van der Waals surface area (Å²) in [6, 6.07) is 9.83. The number of nitro benzene ring substituents is 1. The molecule has 2 rings (SSSR count). The molecule has 0 saturated carbocycles. The van der Waals surface area contributed by atoms with Gasteiger partial charge in [-0.3, -0.25) is 14.8 Å². The fourth-order valence-corrected chi connectivity index (χ4v) is 3.22. The van der Waals surface area contributed by atoms with Crippen molar-refractivity contribution in [3.8, 4) is 0 Å². The average Bonchev–Trinajstić information content (AvgIpc) is 2.40. The van der Waals surface area contributed by atoms with Gasteiger partial charge in [0.05, 0.1) is 15.6 Å². The number of hydrogen-bond acceptors (Lipinski definition) is 5. The van der Waals surface area contributed by atoms with Crippen LogP contribution in [0.25, 0.3) is 0 Å². The van der Waals surface area contributed by atoms with Crippen molar-refractivity contribution < 1.29 is 13.3 Å². The molecule has 0 atom stereocenters. The number of nitrogens with two attached hydrogens (primary N) is 1. The van der Waals surface area contributed by atoms with Crippen molar-refractivity contribution in [2.75, 3.05) is 10.5 Å². The number of nitro groups is 1. The topological polar surface area (TPSA) is 115 Å². The first-order valence-corrected chi connectivity index (χ1v) is 7.49. The Morgan fingerprint density at radius 3 is 2.43 bits per heavy atom. The van der Waals surface area contributed by atoms with Crippen molar-refractivity contribution in [1.29, 1.82) is 0 Å². The van der Waals surface area contributed by atoms with Crippen LogP contribution < -0.4 is 10.5 Å². The number of para-hydroxylation sites is 2. The molecule has 110 valence electrons. The summed E-state index contributed by atoms with van der Waals surface area (Å²) in [4.78, 5) is 9.66. The van der Waals surface area contributed by atoms with E-state index in [9.17, 15) is 18.5 Å². The van der Waals surface area contributed by atoms with E-state index < -0.39 is 25.5 Å². The quantitative estimate of drug-likeness (QED) is 0.508. The summed E-state index contributed by atoms with van der Waals surface area (Å²) >= 11 is 5.87. The van der Waals surface area contributed by atoms with Crippen LogP contribution in [-0.4, -0.2) is 13.3 Å². The van der Waals surface area contributed by atoms with Crippen molar-refractivity contribution in [2.45, 2.75) is 4.90 Å². The van der Waals surface area contributed by atoms with Crippen LogP contribution in [0.1, 0.15) is 0 Å². The van der Waals surface area contributed by atoms with Gasteiger partial charge in [0.15, 0.2) is 4.90 Å². The fourth-order valence-electron chi connectivity index (χ4n) is 1.70. The molecule has 0 radical (unpaired) electrons. The van der Waals surface area contributed by atoms with Crippen LogP contribution in [0.3, 0.4) is 0 Å². The molecule has 3 N–H and O–H groups in total. The molecule has 2 aromatic carbocycles. The van der Waals surface area contributed by atoms with Crippen molar-refractivity contribution in [2.24, 2.45) is 0 Å². The van der Waals surface area contributed by atoms with Gasteiger partial charge >= 0.3 is 5.69 Å². The Kier molecular flexibility index (Phi) is 4.01. The molecule has 21 heavy (non-hydrogen) atoms. The van der Waals surface area contributed by atoms with Crippen molar-refractivity contribution in [3.05, 3.63) is 57.6 Å². The van der Waals surface area contributed by atoms with Crippen molar-refractivity contribution >= 4 is 38.7 Å². The molecule has 9 heteroatoms. The van der Waals surface area contributed by atoms with Gasteiger partial charge in [-0.25, -0.2) is 8.42 Å². The maximum absolute atomic E-state index is 12.3. The number of anilines is 2. The molecule has 0 aromatic heterocycles. The van der Waals surface area contributed by atoms with Gasteiger partial charge in [-0.15, -0.1) is 0 Å². The van der Waals surface area contributed by atoms with Crippen LogP contribution in [0, 0.1) is 10.1 Å². The zero-order chi connectivity index (χ0) is 15.6. The smallest absolute Gasteiger partial charge is 0.312 e. The van der Waals surface area contributed by atoms with Gasteiger partial charge in [-0.1, -0.05) is 29.8 Å². The number of nitrogens with one attached hydrogen (secondary N) is 1. The molecule has 0 aliphatic rings. The predicted molar refractivity (Wildman–Crippen MR) is 79.8 cm³/mol. The van der Waals surface area contributed by atoms with Gasteiger partial charge in [0.25, 0.3) is 10.0 Å². The average molecular weight is 328 g/mol. The Balaban J connectivity index is 2.53. The third kappa shape index (κ3) is 3.06. The van der Waals surface area contributed by atoms with E-state index in [0.29, 0.717) is 0 Å². The first-order valence-electron chi connectivity index (χ1n) is 5.63. The molecule has 0 amide bonds. The van der Waals surface area contributed by atoms with E-state index in [-0.39, 0.29) is 16.4 Å². The lowest BCUT2D eigenvalue weighted by atomic mass is 10.3. The number of nitrogen functional groups attached to an aromatic ring is 1. The molecule has 0 saturated heterocycles. The third-order valence-corrected chi connectivity index (χ3v) is 4.35. The number of halogens is 1. The molecule has 7 nitrogen and oxygen atoms in total. The molecular formula is C12H10ClN3O4S. The highest BCUT2D eigenvalue weighted by molar-refractivity contribution is 7.92. The van der Waals surface area contributed by atoms with Gasteiger partial charge in [-0.2, -0.15) is 0 Å². The lowest BCUT2D eigenvalue weighted by Crippen LogP contribution is -2.15. The minimum atomic E-state index is -4.19. The van der Waals surface area contributed by atoms with E-state index in [1.165, 1.54) is 24.3 Å². The normalized spacial score (nSPS) is 11.1.